The topological polar surface area (TPSA) is 55.7 Å². The van der Waals surface area contributed by atoms with Crippen molar-refractivity contribution in [1.29, 1.82) is 0 Å². The summed E-state index contributed by atoms with van der Waals surface area (Å²) in [4.78, 5) is 31.5. The molecule has 33 heavy (non-hydrogen) atoms. The Morgan fingerprint density at radius 2 is 1.58 bits per heavy atom. The van der Waals surface area contributed by atoms with Crippen molar-refractivity contribution in [2.45, 2.75) is 45.4 Å². The van der Waals surface area contributed by atoms with Crippen molar-refractivity contribution in [3.8, 4) is 0 Å². The Hall–Kier alpha value is -2.43. The van der Waals surface area contributed by atoms with Gasteiger partial charge in [-0.05, 0) is 60.6 Å². The molecule has 4 nitrogen and oxygen atoms in total. The number of aliphatic imine (C=N–C) groups is 1. The Morgan fingerprint density at radius 1 is 1.00 bits per heavy atom. The average molecular weight is 484 g/mol. The van der Waals surface area contributed by atoms with E-state index in [9.17, 15) is 9.59 Å². The summed E-state index contributed by atoms with van der Waals surface area (Å²) in [7, 11) is 0. The first-order chi connectivity index (χ1) is 15.7. The number of allylic oxidation sites excluding steroid dienone is 2. The molecule has 6 heteroatoms. The summed E-state index contributed by atoms with van der Waals surface area (Å²) in [5.74, 6) is -1.15. The molecule has 0 amide bonds. The second-order valence-corrected chi connectivity index (χ2v) is 10.1. The van der Waals surface area contributed by atoms with Crippen molar-refractivity contribution >= 4 is 40.7 Å². The molecule has 1 aliphatic heterocycles. The standard InChI is InChI=1S/C27H27Cl2NO3/c1-15(2)14-33-27(32)24-16(3)30-22-12-19(17-4-8-20(28)9-5-17)13-23(31)26(22)25(24)18-6-10-21(29)11-7-18/h4-11,15,19,24-25H,12-14H2,1-3H3/t19-,24?,25-/m0/s1. The summed E-state index contributed by atoms with van der Waals surface area (Å²) >= 11 is 12.2. The van der Waals surface area contributed by atoms with Crippen molar-refractivity contribution < 1.29 is 14.3 Å². The minimum Gasteiger partial charge on any atom is -0.465 e. The number of hydrogen-bond acceptors (Lipinski definition) is 4. The number of carbonyl (C=O) groups is 2. The van der Waals surface area contributed by atoms with E-state index >= 15 is 0 Å². The van der Waals surface area contributed by atoms with E-state index in [2.05, 4.69) is 0 Å². The lowest BCUT2D eigenvalue weighted by Crippen LogP contribution is -2.38. The number of ketones is 1. The van der Waals surface area contributed by atoms with Crippen LogP contribution in [-0.4, -0.2) is 24.1 Å². The third-order valence-corrected chi connectivity index (χ3v) is 6.78. The molecule has 0 aromatic heterocycles. The van der Waals surface area contributed by atoms with Crippen LogP contribution in [0, 0.1) is 11.8 Å². The van der Waals surface area contributed by atoms with E-state index < -0.39 is 11.8 Å². The summed E-state index contributed by atoms with van der Waals surface area (Å²) in [6.45, 7) is 6.17. The number of halogens is 2. The highest BCUT2D eigenvalue weighted by Crippen LogP contribution is 2.47. The van der Waals surface area contributed by atoms with Crippen LogP contribution in [0.5, 0.6) is 0 Å². The molecule has 0 bridgehead atoms. The van der Waals surface area contributed by atoms with Crippen LogP contribution in [0.4, 0.5) is 0 Å². The zero-order chi connectivity index (χ0) is 23.7. The molecule has 0 radical (unpaired) electrons. The van der Waals surface area contributed by atoms with E-state index in [1.807, 2.05) is 57.2 Å². The van der Waals surface area contributed by atoms with Crippen molar-refractivity contribution in [2.75, 3.05) is 6.61 Å². The molecule has 1 unspecified atom stereocenters. The van der Waals surface area contributed by atoms with E-state index in [0.29, 0.717) is 40.8 Å². The largest absolute Gasteiger partial charge is 0.465 e. The minimum absolute atomic E-state index is 0.0223. The van der Waals surface area contributed by atoms with Crippen LogP contribution in [0.3, 0.4) is 0 Å². The van der Waals surface area contributed by atoms with Crippen LogP contribution >= 0.6 is 23.2 Å². The van der Waals surface area contributed by atoms with Gasteiger partial charge in [0.2, 0.25) is 0 Å². The van der Waals surface area contributed by atoms with Crippen LogP contribution < -0.4 is 0 Å². The molecule has 1 heterocycles. The molecule has 2 aromatic carbocycles. The third kappa shape index (κ3) is 5.07. The Morgan fingerprint density at radius 3 is 2.15 bits per heavy atom. The molecule has 0 saturated carbocycles. The third-order valence-electron chi connectivity index (χ3n) is 6.27. The first kappa shape index (κ1) is 23.7. The molecule has 172 valence electrons. The molecule has 3 atom stereocenters. The lowest BCUT2D eigenvalue weighted by Gasteiger charge is -2.36. The molecule has 0 saturated heterocycles. The highest BCUT2D eigenvalue weighted by Gasteiger charge is 2.44. The van der Waals surface area contributed by atoms with Gasteiger partial charge in [0.05, 0.1) is 6.61 Å². The summed E-state index contributed by atoms with van der Waals surface area (Å²) < 4.78 is 5.61. The van der Waals surface area contributed by atoms with Gasteiger partial charge in [-0.1, -0.05) is 61.3 Å². The molecule has 4 rings (SSSR count). The fraction of sp³-hybridized carbons (Fsp3) is 0.370. The van der Waals surface area contributed by atoms with Gasteiger partial charge in [0, 0.05) is 39.4 Å². The van der Waals surface area contributed by atoms with Crippen molar-refractivity contribution in [3.05, 3.63) is 81.0 Å². The number of Topliss-reactive ketones (excluding diaryl/α,β-unsaturated/α-hetero) is 1. The molecule has 2 aromatic rings. The highest BCUT2D eigenvalue weighted by atomic mass is 35.5. The van der Waals surface area contributed by atoms with Gasteiger partial charge >= 0.3 is 5.97 Å². The van der Waals surface area contributed by atoms with Crippen LogP contribution in [0.1, 0.15) is 56.6 Å². The minimum atomic E-state index is -0.639. The average Bonchev–Trinajstić information content (AvgIpc) is 2.77. The molecule has 0 N–H and O–H groups in total. The quantitative estimate of drug-likeness (QED) is 0.440. The van der Waals surface area contributed by atoms with Crippen molar-refractivity contribution in [2.24, 2.45) is 16.8 Å². The molecular formula is C27H27Cl2NO3. The number of rotatable bonds is 5. The molecule has 2 aliphatic rings. The monoisotopic (exact) mass is 483 g/mol. The zero-order valence-corrected chi connectivity index (χ0v) is 20.5. The van der Waals surface area contributed by atoms with Gasteiger partial charge in [-0.15, -0.1) is 0 Å². The zero-order valence-electron chi connectivity index (χ0n) is 19.0. The normalized spacial score (nSPS) is 22.8. The maximum atomic E-state index is 13.5. The van der Waals surface area contributed by atoms with E-state index in [1.54, 1.807) is 12.1 Å². The van der Waals surface area contributed by atoms with Gasteiger partial charge in [0.1, 0.15) is 5.92 Å². The van der Waals surface area contributed by atoms with E-state index in [0.717, 1.165) is 16.8 Å². The Kier molecular flexibility index (Phi) is 7.06. The van der Waals surface area contributed by atoms with E-state index in [4.69, 9.17) is 32.9 Å². The molecule has 0 spiro atoms. The summed E-state index contributed by atoms with van der Waals surface area (Å²) in [6, 6.07) is 15.0. The van der Waals surface area contributed by atoms with E-state index in [1.165, 1.54) is 0 Å². The van der Waals surface area contributed by atoms with Gasteiger partial charge in [0.25, 0.3) is 0 Å². The van der Waals surface area contributed by atoms with Crippen molar-refractivity contribution in [1.82, 2.24) is 0 Å². The van der Waals surface area contributed by atoms with Gasteiger partial charge in [-0.25, -0.2) is 0 Å². The van der Waals surface area contributed by atoms with Gasteiger partial charge < -0.3 is 4.74 Å². The Labute approximate surface area is 204 Å². The second-order valence-electron chi connectivity index (χ2n) is 9.22. The first-order valence-corrected chi connectivity index (χ1v) is 12.0. The Bertz CT molecular complexity index is 1120. The van der Waals surface area contributed by atoms with Crippen LogP contribution in [0.25, 0.3) is 0 Å². The van der Waals surface area contributed by atoms with Crippen LogP contribution in [0.2, 0.25) is 10.0 Å². The Balaban J connectivity index is 1.75. The predicted octanol–water partition coefficient (Wildman–Crippen LogP) is 6.77. The SMILES string of the molecule is CC1=NC2=C(C(=O)C[C@@H](c3ccc(Cl)cc3)C2)[C@@H](c2ccc(Cl)cc2)C1C(=O)OCC(C)C. The van der Waals surface area contributed by atoms with Gasteiger partial charge in [-0.2, -0.15) is 0 Å². The number of hydrogen-bond donors (Lipinski definition) is 0. The number of carbonyl (C=O) groups excluding carboxylic acids is 2. The first-order valence-electron chi connectivity index (χ1n) is 11.2. The summed E-state index contributed by atoms with van der Waals surface area (Å²) in [5, 5.41) is 1.27. The van der Waals surface area contributed by atoms with Crippen LogP contribution in [0.15, 0.2) is 64.8 Å². The number of esters is 1. The number of benzene rings is 2. The maximum absolute atomic E-state index is 13.5. The molecule has 1 aliphatic carbocycles. The number of ether oxygens (including phenoxy) is 1. The van der Waals surface area contributed by atoms with Gasteiger partial charge in [-0.3, -0.25) is 14.6 Å². The fourth-order valence-corrected chi connectivity index (χ4v) is 4.96. The lowest BCUT2D eigenvalue weighted by atomic mass is 9.69. The molecular weight excluding hydrogens is 457 g/mol. The van der Waals surface area contributed by atoms with Gasteiger partial charge in [0.15, 0.2) is 5.78 Å². The fourth-order valence-electron chi connectivity index (χ4n) is 4.70. The van der Waals surface area contributed by atoms with Crippen molar-refractivity contribution in [3.63, 3.8) is 0 Å². The smallest absolute Gasteiger partial charge is 0.315 e. The lowest BCUT2D eigenvalue weighted by molar-refractivity contribution is -0.147. The van der Waals surface area contributed by atoms with E-state index in [-0.39, 0.29) is 23.6 Å². The predicted molar refractivity (Wildman–Crippen MR) is 132 cm³/mol. The van der Waals surface area contributed by atoms with Crippen LogP contribution in [-0.2, 0) is 14.3 Å². The maximum Gasteiger partial charge on any atom is 0.315 e. The molecule has 0 fully saturated rings. The summed E-state index contributed by atoms with van der Waals surface area (Å²) in [5.41, 5.74) is 3.99. The second kappa shape index (κ2) is 9.82. The highest BCUT2D eigenvalue weighted by molar-refractivity contribution is 6.30. The number of nitrogens with zero attached hydrogens (tertiary/aromatic N) is 1. The summed E-state index contributed by atoms with van der Waals surface area (Å²) in [6.07, 6.45) is 1.00.